The van der Waals surface area contributed by atoms with Crippen LogP contribution in [0, 0.1) is 5.92 Å². The van der Waals surface area contributed by atoms with Crippen molar-refractivity contribution in [2.24, 2.45) is 11.7 Å². The molecule has 1 aliphatic heterocycles. The van der Waals surface area contributed by atoms with Gasteiger partial charge in [0.25, 0.3) is 0 Å². The van der Waals surface area contributed by atoms with Gasteiger partial charge in [0.05, 0.1) is 6.04 Å². The fourth-order valence-electron chi connectivity index (χ4n) is 1.85. The second-order valence-corrected chi connectivity index (χ2v) is 4.00. The zero-order chi connectivity index (χ0) is 11.4. The van der Waals surface area contributed by atoms with Crippen molar-refractivity contribution in [3.63, 3.8) is 0 Å². The van der Waals surface area contributed by atoms with Crippen LogP contribution in [-0.2, 0) is 9.59 Å². The molecular weight excluding hydrogens is 194 g/mol. The average Bonchev–Trinajstić information content (AvgIpc) is 2.27. The summed E-state index contributed by atoms with van der Waals surface area (Å²) in [6, 6.07) is -0.443. The number of amides is 2. The third-order valence-corrected chi connectivity index (χ3v) is 2.81. The molecule has 86 valence electrons. The Hall–Kier alpha value is -1.10. The van der Waals surface area contributed by atoms with Crippen molar-refractivity contribution < 1.29 is 9.59 Å². The van der Waals surface area contributed by atoms with Crippen molar-refractivity contribution in [1.82, 2.24) is 10.2 Å². The highest BCUT2D eigenvalue weighted by atomic mass is 16.2. The van der Waals surface area contributed by atoms with E-state index in [-0.39, 0.29) is 17.7 Å². The normalized spacial score (nSPS) is 19.8. The first kappa shape index (κ1) is 12.0. The predicted molar refractivity (Wildman–Crippen MR) is 57.0 cm³/mol. The predicted octanol–water partition coefficient (Wildman–Crippen LogP) is -0.682. The third kappa shape index (κ3) is 2.92. The number of carbonyl (C=O) groups excluding carboxylic acids is 2. The maximum absolute atomic E-state index is 11.5. The van der Waals surface area contributed by atoms with Crippen molar-refractivity contribution in [2.45, 2.75) is 25.8 Å². The van der Waals surface area contributed by atoms with Gasteiger partial charge in [0.2, 0.25) is 11.8 Å². The molecule has 0 spiro atoms. The first-order valence-electron chi connectivity index (χ1n) is 5.32. The summed E-state index contributed by atoms with van der Waals surface area (Å²) in [6.07, 6.45) is 1.47. The summed E-state index contributed by atoms with van der Waals surface area (Å²) >= 11 is 0. The van der Waals surface area contributed by atoms with Crippen LogP contribution in [-0.4, -0.2) is 42.9 Å². The Morgan fingerprint density at radius 3 is 2.33 bits per heavy atom. The van der Waals surface area contributed by atoms with Gasteiger partial charge in [-0.25, -0.2) is 0 Å². The highest BCUT2D eigenvalue weighted by Gasteiger charge is 2.27. The van der Waals surface area contributed by atoms with E-state index in [2.05, 4.69) is 5.32 Å². The molecule has 15 heavy (non-hydrogen) atoms. The SMILES string of the molecule is CNC(=O)C1CCN(C(=O)[C@@H](C)N)CC1. The first-order chi connectivity index (χ1) is 7.06. The number of nitrogens with one attached hydrogen (secondary N) is 1. The summed E-state index contributed by atoms with van der Waals surface area (Å²) in [5.41, 5.74) is 5.52. The summed E-state index contributed by atoms with van der Waals surface area (Å²) in [5, 5.41) is 2.63. The number of likely N-dealkylation sites (tertiary alicyclic amines) is 1. The van der Waals surface area contributed by atoms with Gasteiger partial charge in [-0.05, 0) is 19.8 Å². The second-order valence-electron chi connectivity index (χ2n) is 4.00. The fraction of sp³-hybridized carbons (Fsp3) is 0.800. The Balaban J connectivity index is 2.42. The van der Waals surface area contributed by atoms with Gasteiger partial charge in [-0.2, -0.15) is 0 Å². The molecule has 1 heterocycles. The Bertz CT molecular complexity index is 245. The van der Waals surface area contributed by atoms with Crippen molar-refractivity contribution in [3.05, 3.63) is 0 Å². The van der Waals surface area contributed by atoms with Crippen LogP contribution in [0.25, 0.3) is 0 Å². The summed E-state index contributed by atoms with van der Waals surface area (Å²) in [6.45, 7) is 2.96. The molecule has 1 aliphatic rings. The Labute approximate surface area is 90.0 Å². The van der Waals surface area contributed by atoms with Gasteiger partial charge in [-0.1, -0.05) is 0 Å². The number of hydrogen-bond acceptors (Lipinski definition) is 3. The maximum atomic E-state index is 11.5. The van der Waals surface area contributed by atoms with E-state index >= 15 is 0 Å². The Morgan fingerprint density at radius 1 is 1.40 bits per heavy atom. The molecule has 1 saturated heterocycles. The number of carbonyl (C=O) groups is 2. The number of piperidine rings is 1. The quantitative estimate of drug-likeness (QED) is 0.638. The lowest BCUT2D eigenvalue weighted by Gasteiger charge is -2.32. The minimum atomic E-state index is -0.443. The van der Waals surface area contributed by atoms with Crippen LogP contribution in [0.2, 0.25) is 0 Å². The van der Waals surface area contributed by atoms with E-state index in [0.29, 0.717) is 13.1 Å². The zero-order valence-electron chi connectivity index (χ0n) is 9.32. The van der Waals surface area contributed by atoms with Crippen molar-refractivity contribution >= 4 is 11.8 Å². The lowest BCUT2D eigenvalue weighted by molar-refractivity contribution is -0.136. The second kappa shape index (κ2) is 5.11. The molecule has 0 bridgehead atoms. The van der Waals surface area contributed by atoms with E-state index in [9.17, 15) is 9.59 Å². The van der Waals surface area contributed by atoms with Gasteiger partial charge >= 0.3 is 0 Å². The standard InChI is InChI=1S/C10H19N3O2/c1-7(11)10(15)13-5-3-8(4-6-13)9(14)12-2/h7-8H,3-6,11H2,1-2H3,(H,12,14)/t7-/m1/s1. The molecule has 3 N–H and O–H groups in total. The Morgan fingerprint density at radius 2 is 1.93 bits per heavy atom. The molecule has 1 rings (SSSR count). The molecule has 0 aromatic rings. The monoisotopic (exact) mass is 213 g/mol. The number of hydrogen-bond donors (Lipinski definition) is 2. The summed E-state index contributed by atoms with van der Waals surface area (Å²) in [5.74, 6) is 0.0976. The van der Waals surface area contributed by atoms with Gasteiger partial charge in [0.1, 0.15) is 0 Å². The van der Waals surface area contributed by atoms with E-state index in [1.165, 1.54) is 0 Å². The topological polar surface area (TPSA) is 75.4 Å². The molecule has 1 fully saturated rings. The van der Waals surface area contributed by atoms with Gasteiger partial charge in [0.15, 0.2) is 0 Å². The third-order valence-electron chi connectivity index (χ3n) is 2.81. The molecule has 5 heteroatoms. The van der Waals surface area contributed by atoms with Crippen molar-refractivity contribution in [2.75, 3.05) is 20.1 Å². The fourth-order valence-corrected chi connectivity index (χ4v) is 1.85. The summed E-state index contributed by atoms with van der Waals surface area (Å²) in [4.78, 5) is 24.6. The van der Waals surface area contributed by atoms with E-state index in [1.807, 2.05) is 0 Å². The molecule has 0 saturated carbocycles. The van der Waals surface area contributed by atoms with E-state index < -0.39 is 6.04 Å². The van der Waals surface area contributed by atoms with Gasteiger partial charge in [0, 0.05) is 26.1 Å². The molecular formula is C10H19N3O2. The van der Waals surface area contributed by atoms with Gasteiger partial charge < -0.3 is 16.0 Å². The largest absolute Gasteiger partial charge is 0.359 e. The number of nitrogens with zero attached hydrogens (tertiary/aromatic N) is 1. The smallest absolute Gasteiger partial charge is 0.239 e. The summed E-state index contributed by atoms with van der Waals surface area (Å²) < 4.78 is 0. The first-order valence-corrected chi connectivity index (χ1v) is 5.32. The number of rotatable bonds is 2. The highest BCUT2D eigenvalue weighted by Crippen LogP contribution is 2.17. The molecule has 0 radical (unpaired) electrons. The van der Waals surface area contributed by atoms with Crippen LogP contribution >= 0.6 is 0 Å². The minimum absolute atomic E-state index is 0.0228. The lowest BCUT2D eigenvalue weighted by atomic mass is 9.95. The van der Waals surface area contributed by atoms with Crippen LogP contribution in [0.5, 0.6) is 0 Å². The van der Waals surface area contributed by atoms with E-state index in [0.717, 1.165) is 12.8 Å². The van der Waals surface area contributed by atoms with E-state index in [1.54, 1.807) is 18.9 Å². The minimum Gasteiger partial charge on any atom is -0.359 e. The molecule has 2 amide bonds. The van der Waals surface area contributed by atoms with Gasteiger partial charge in [-0.15, -0.1) is 0 Å². The average molecular weight is 213 g/mol. The Kier molecular flexibility index (Phi) is 4.08. The molecule has 0 aromatic carbocycles. The van der Waals surface area contributed by atoms with Crippen molar-refractivity contribution in [1.29, 1.82) is 0 Å². The van der Waals surface area contributed by atoms with Crippen LogP contribution < -0.4 is 11.1 Å². The van der Waals surface area contributed by atoms with Crippen LogP contribution in [0.3, 0.4) is 0 Å². The van der Waals surface area contributed by atoms with Gasteiger partial charge in [-0.3, -0.25) is 9.59 Å². The van der Waals surface area contributed by atoms with E-state index in [4.69, 9.17) is 5.73 Å². The van der Waals surface area contributed by atoms with Crippen LogP contribution in [0.1, 0.15) is 19.8 Å². The molecule has 0 aromatic heterocycles. The molecule has 1 atom stereocenters. The number of nitrogens with two attached hydrogens (primary N) is 1. The highest BCUT2D eigenvalue weighted by molar-refractivity contribution is 5.82. The van der Waals surface area contributed by atoms with Crippen LogP contribution in [0.4, 0.5) is 0 Å². The molecule has 5 nitrogen and oxygen atoms in total. The maximum Gasteiger partial charge on any atom is 0.239 e. The van der Waals surface area contributed by atoms with Crippen LogP contribution in [0.15, 0.2) is 0 Å². The molecule has 0 aliphatic carbocycles. The zero-order valence-corrected chi connectivity index (χ0v) is 9.32. The van der Waals surface area contributed by atoms with Crippen molar-refractivity contribution in [3.8, 4) is 0 Å². The summed E-state index contributed by atoms with van der Waals surface area (Å²) in [7, 11) is 1.64. The lowest BCUT2D eigenvalue weighted by Crippen LogP contribution is -2.47. The molecule has 0 unspecified atom stereocenters.